The van der Waals surface area contributed by atoms with E-state index in [9.17, 15) is 4.79 Å². The monoisotopic (exact) mass is 315 g/mol. The number of anilines is 1. The topological polar surface area (TPSA) is 72.2 Å². The highest BCUT2D eigenvalue weighted by atomic mass is 32.1. The molecule has 7 heteroatoms. The van der Waals surface area contributed by atoms with E-state index in [-0.39, 0.29) is 11.3 Å². The SMILES string of the molecule is Cc1ccn2c(NC(=O)c3cnc(C(C)(C)C)s3)nnc2c1. The van der Waals surface area contributed by atoms with Crippen molar-refractivity contribution in [3.8, 4) is 0 Å². The number of carbonyl (C=O) groups excluding carboxylic acids is 1. The van der Waals surface area contributed by atoms with Crippen LogP contribution in [0.4, 0.5) is 5.95 Å². The average Bonchev–Trinajstić information content (AvgIpc) is 3.05. The summed E-state index contributed by atoms with van der Waals surface area (Å²) in [5.41, 5.74) is 1.73. The van der Waals surface area contributed by atoms with Crippen molar-refractivity contribution in [2.75, 3.05) is 5.32 Å². The van der Waals surface area contributed by atoms with E-state index in [1.807, 2.05) is 25.3 Å². The number of amides is 1. The van der Waals surface area contributed by atoms with Gasteiger partial charge in [-0.1, -0.05) is 20.8 Å². The Hall–Kier alpha value is -2.28. The van der Waals surface area contributed by atoms with Crippen LogP contribution in [0.3, 0.4) is 0 Å². The normalized spacial score (nSPS) is 11.8. The van der Waals surface area contributed by atoms with Crippen LogP contribution in [-0.2, 0) is 5.41 Å². The smallest absolute Gasteiger partial charge is 0.269 e. The summed E-state index contributed by atoms with van der Waals surface area (Å²) < 4.78 is 1.75. The summed E-state index contributed by atoms with van der Waals surface area (Å²) in [5, 5.41) is 11.8. The first-order valence-corrected chi connectivity index (χ1v) is 7.75. The summed E-state index contributed by atoms with van der Waals surface area (Å²) >= 11 is 1.40. The van der Waals surface area contributed by atoms with Crippen molar-refractivity contribution in [2.45, 2.75) is 33.1 Å². The highest BCUT2D eigenvalue weighted by Crippen LogP contribution is 2.27. The summed E-state index contributed by atoms with van der Waals surface area (Å²) in [6, 6.07) is 3.85. The van der Waals surface area contributed by atoms with Gasteiger partial charge in [0, 0.05) is 11.6 Å². The Bertz CT molecular complexity index is 843. The molecule has 0 spiro atoms. The summed E-state index contributed by atoms with van der Waals surface area (Å²) in [6.45, 7) is 8.20. The maximum Gasteiger partial charge on any atom is 0.269 e. The Balaban J connectivity index is 1.85. The molecule has 0 aliphatic heterocycles. The van der Waals surface area contributed by atoms with Gasteiger partial charge in [-0.25, -0.2) is 4.98 Å². The van der Waals surface area contributed by atoms with Crippen molar-refractivity contribution in [1.29, 1.82) is 0 Å². The van der Waals surface area contributed by atoms with Gasteiger partial charge in [-0.15, -0.1) is 21.5 Å². The second kappa shape index (κ2) is 5.17. The first kappa shape index (κ1) is 14.6. The Morgan fingerprint density at radius 2 is 2.09 bits per heavy atom. The third-order valence-electron chi connectivity index (χ3n) is 3.16. The van der Waals surface area contributed by atoms with Gasteiger partial charge in [-0.2, -0.15) is 0 Å². The maximum absolute atomic E-state index is 12.3. The van der Waals surface area contributed by atoms with Crippen LogP contribution in [0.25, 0.3) is 5.65 Å². The van der Waals surface area contributed by atoms with Crippen LogP contribution in [-0.4, -0.2) is 25.5 Å². The molecule has 0 saturated heterocycles. The van der Waals surface area contributed by atoms with Crippen LogP contribution in [0, 0.1) is 6.92 Å². The fourth-order valence-electron chi connectivity index (χ4n) is 1.97. The van der Waals surface area contributed by atoms with Crippen molar-refractivity contribution in [3.63, 3.8) is 0 Å². The van der Waals surface area contributed by atoms with Gasteiger partial charge in [-0.05, 0) is 24.6 Å². The highest BCUT2D eigenvalue weighted by molar-refractivity contribution is 7.13. The second-order valence-corrected chi connectivity index (χ2v) is 7.22. The molecule has 1 amide bonds. The number of nitrogens with zero attached hydrogens (tertiary/aromatic N) is 4. The fourth-order valence-corrected chi connectivity index (χ4v) is 2.84. The lowest BCUT2D eigenvalue weighted by atomic mass is 9.98. The number of nitrogens with one attached hydrogen (secondary N) is 1. The molecular weight excluding hydrogens is 298 g/mol. The van der Waals surface area contributed by atoms with Crippen LogP contribution in [0.1, 0.15) is 41.0 Å². The van der Waals surface area contributed by atoms with Gasteiger partial charge in [0.05, 0.1) is 11.2 Å². The van der Waals surface area contributed by atoms with E-state index in [0.717, 1.165) is 10.6 Å². The number of pyridine rings is 1. The number of aryl methyl sites for hydroxylation is 1. The predicted molar refractivity (Wildman–Crippen MR) is 86.5 cm³/mol. The number of hydrogen-bond acceptors (Lipinski definition) is 5. The van der Waals surface area contributed by atoms with E-state index in [0.29, 0.717) is 16.5 Å². The molecule has 114 valence electrons. The molecule has 0 unspecified atom stereocenters. The van der Waals surface area contributed by atoms with Crippen LogP contribution < -0.4 is 5.32 Å². The lowest BCUT2D eigenvalue weighted by Crippen LogP contribution is -2.13. The molecular formula is C15H17N5OS. The molecule has 0 fully saturated rings. The minimum absolute atomic E-state index is 0.0672. The summed E-state index contributed by atoms with van der Waals surface area (Å²) in [7, 11) is 0. The molecule has 0 atom stereocenters. The van der Waals surface area contributed by atoms with Crippen molar-refractivity contribution < 1.29 is 4.79 Å². The highest BCUT2D eigenvalue weighted by Gasteiger charge is 2.21. The Morgan fingerprint density at radius 3 is 2.77 bits per heavy atom. The number of carbonyl (C=O) groups is 1. The quantitative estimate of drug-likeness (QED) is 0.789. The number of rotatable bonds is 2. The minimum atomic E-state index is -0.220. The first-order chi connectivity index (χ1) is 10.3. The molecule has 3 heterocycles. The van der Waals surface area contributed by atoms with Gasteiger partial charge in [0.2, 0.25) is 5.95 Å². The Labute approximate surface area is 132 Å². The fraction of sp³-hybridized carbons (Fsp3) is 0.333. The van der Waals surface area contributed by atoms with Crippen molar-refractivity contribution in [3.05, 3.63) is 40.0 Å². The minimum Gasteiger partial charge on any atom is -0.289 e. The molecule has 1 N–H and O–H groups in total. The van der Waals surface area contributed by atoms with E-state index in [1.54, 1.807) is 10.6 Å². The maximum atomic E-state index is 12.3. The van der Waals surface area contributed by atoms with Gasteiger partial charge >= 0.3 is 0 Å². The first-order valence-electron chi connectivity index (χ1n) is 6.93. The van der Waals surface area contributed by atoms with Crippen LogP contribution in [0.5, 0.6) is 0 Å². The molecule has 0 aromatic carbocycles. The van der Waals surface area contributed by atoms with Crippen molar-refractivity contribution >= 4 is 28.8 Å². The molecule has 3 rings (SSSR count). The van der Waals surface area contributed by atoms with E-state index >= 15 is 0 Å². The number of fused-ring (bicyclic) bond motifs is 1. The molecule has 22 heavy (non-hydrogen) atoms. The lowest BCUT2D eigenvalue weighted by Gasteiger charge is -2.13. The van der Waals surface area contributed by atoms with Gasteiger partial charge in [-0.3, -0.25) is 14.5 Å². The van der Waals surface area contributed by atoms with Crippen molar-refractivity contribution in [1.82, 2.24) is 19.6 Å². The van der Waals surface area contributed by atoms with Gasteiger partial charge in [0.1, 0.15) is 4.88 Å². The molecule has 3 aromatic heterocycles. The molecule has 0 saturated carbocycles. The molecule has 3 aromatic rings. The Kier molecular flexibility index (Phi) is 3.44. The molecule has 0 radical (unpaired) electrons. The van der Waals surface area contributed by atoms with Gasteiger partial charge in [0.15, 0.2) is 5.65 Å². The Morgan fingerprint density at radius 1 is 1.32 bits per heavy atom. The predicted octanol–water partition coefficient (Wildman–Crippen LogP) is 3.04. The van der Waals surface area contributed by atoms with Crippen LogP contribution in [0.15, 0.2) is 24.5 Å². The third-order valence-corrected chi connectivity index (χ3v) is 4.58. The molecule has 6 nitrogen and oxygen atoms in total. The molecule has 0 aliphatic carbocycles. The number of hydrogen-bond donors (Lipinski definition) is 1. The van der Waals surface area contributed by atoms with E-state index in [4.69, 9.17) is 0 Å². The average molecular weight is 315 g/mol. The van der Waals surface area contributed by atoms with Crippen LogP contribution in [0.2, 0.25) is 0 Å². The van der Waals surface area contributed by atoms with Crippen LogP contribution >= 0.6 is 11.3 Å². The lowest BCUT2D eigenvalue weighted by molar-refractivity contribution is 0.102. The van der Waals surface area contributed by atoms with Gasteiger partial charge in [0.25, 0.3) is 5.91 Å². The van der Waals surface area contributed by atoms with Gasteiger partial charge < -0.3 is 0 Å². The van der Waals surface area contributed by atoms with Crippen molar-refractivity contribution in [2.24, 2.45) is 0 Å². The zero-order valence-electron chi connectivity index (χ0n) is 12.9. The standard InChI is InChI=1S/C15H17N5OS/c1-9-5-6-20-11(7-9)18-19-14(20)17-12(21)10-8-16-13(22-10)15(2,3)4/h5-8H,1-4H3,(H,17,19,21). The number of aromatic nitrogens is 4. The second-order valence-electron chi connectivity index (χ2n) is 6.19. The summed E-state index contributed by atoms with van der Waals surface area (Å²) in [5.74, 6) is 0.189. The summed E-state index contributed by atoms with van der Waals surface area (Å²) in [4.78, 5) is 17.2. The summed E-state index contributed by atoms with van der Waals surface area (Å²) in [6.07, 6.45) is 3.45. The van der Waals surface area contributed by atoms with E-state index in [1.165, 1.54) is 11.3 Å². The molecule has 0 aliphatic rings. The van der Waals surface area contributed by atoms with E-state index in [2.05, 4.69) is 41.3 Å². The molecule has 0 bridgehead atoms. The third kappa shape index (κ3) is 2.71. The number of thiazole rings is 1. The zero-order valence-corrected chi connectivity index (χ0v) is 13.7. The zero-order chi connectivity index (χ0) is 15.9. The largest absolute Gasteiger partial charge is 0.289 e. The van der Waals surface area contributed by atoms with E-state index < -0.39 is 0 Å².